The smallest absolute Gasteiger partial charge is 0.246 e. The second kappa shape index (κ2) is 5.16. The van der Waals surface area contributed by atoms with Gasteiger partial charge >= 0.3 is 0 Å². The third-order valence-electron chi connectivity index (χ3n) is 4.42. The molecule has 0 aromatic carbocycles. The van der Waals surface area contributed by atoms with E-state index in [0.717, 1.165) is 19.4 Å². The first-order valence-corrected chi connectivity index (χ1v) is 8.78. The van der Waals surface area contributed by atoms with Gasteiger partial charge in [0.05, 0.1) is 6.54 Å². The maximum Gasteiger partial charge on any atom is 0.246 e. The van der Waals surface area contributed by atoms with Crippen LogP contribution in [0.15, 0.2) is 15.4 Å². The monoisotopic (exact) mass is 298 g/mol. The summed E-state index contributed by atoms with van der Waals surface area (Å²) >= 11 is 0. The molecule has 2 atom stereocenters. The van der Waals surface area contributed by atoms with Crippen LogP contribution in [0.25, 0.3) is 0 Å². The Morgan fingerprint density at radius 1 is 1.45 bits per heavy atom. The van der Waals surface area contributed by atoms with Crippen LogP contribution < -0.4 is 5.32 Å². The summed E-state index contributed by atoms with van der Waals surface area (Å²) < 4.78 is 32.8. The molecule has 5 nitrogen and oxygen atoms in total. The summed E-state index contributed by atoms with van der Waals surface area (Å²) in [5.41, 5.74) is 0. The molecule has 112 valence electrons. The van der Waals surface area contributed by atoms with Gasteiger partial charge in [-0.05, 0) is 38.6 Å². The molecule has 1 aromatic rings. The second-order valence-corrected chi connectivity index (χ2v) is 7.68. The molecular formula is C14H22N2O3S. The molecule has 1 aliphatic carbocycles. The van der Waals surface area contributed by atoms with Crippen molar-refractivity contribution in [2.45, 2.75) is 50.6 Å². The number of nitrogens with one attached hydrogen (secondary N) is 1. The fourth-order valence-corrected chi connectivity index (χ4v) is 5.34. The van der Waals surface area contributed by atoms with E-state index in [4.69, 9.17) is 4.42 Å². The van der Waals surface area contributed by atoms with E-state index in [-0.39, 0.29) is 6.04 Å². The molecule has 2 unspecified atom stereocenters. The van der Waals surface area contributed by atoms with Crippen LogP contribution in [0.5, 0.6) is 0 Å². The zero-order chi connectivity index (χ0) is 14.3. The van der Waals surface area contributed by atoms with Crippen LogP contribution in [0.1, 0.15) is 37.7 Å². The number of aryl methyl sites for hydroxylation is 1. The molecule has 1 saturated carbocycles. The molecular weight excluding hydrogens is 276 g/mol. The number of sulfonamides is 1. The normalized spacial score (nSPS) is 26.5. The Balaban J connectivity index is 1.86. The maximum atomic E-state index is 12.8. The number of piperidine rings is 1. The molecule has 1 saturated heterocycles. The molecule has 0 amide bonds. The summed E-state index contributed by atoms with van der Waals surface area (Å²) in [6, 6.07) is 1.88. The van der Waals surface area contributed by atoms with Gasteiger partial charge in [0.25, 0.3) is 0 Å². The quantitative estimate of drug-likeness (QED) is 0.901. The predicted molar refractivity (Wildman–Crippen MR) is 75.8 cm³/mol. The number of nitrogens with zero attached hydrogens (tertiary/aromatic N) is 1. The highest BCUT2D eigenvalue weighted by Crippen LogP contribution is 2.41. The van der Waals surface area contributed by atoms with E-state index >= 15 is 0 Å². The minimum absolute atomic E-state index is 0.205. The number of fused-ring (bicyclic) bond motifs is 2. The first-order valence-electron chi connectivity index (χ1n) is 7.34. The minimum atomic E-state index is -3.39. The van der Waals surface area contributed by atoms with Crippen LogP contribution in [0, 0.1) is 12.8 Å². The van der Waals surface area contributed by atoms with Gasteiger partial charge in [-0.3, -0.25) is 0 Å². The molecule has 1 aromatic heterocycles. The summed E-state index contributed by atoms with van der Waals surface area (Å²) in [6.45, 7) is 5.82. The molecule has 2 heterocycles. The maximum absolute atomic E-state index is 12.8. The van der Waals surface area contributed by atoms with Crippen molar-refractivity contribution in [3.05, 3.63) is 17.6 Å². The largest absolute Gasteiger partial charge is 0.464 e. The standard InChI is InChI=1S/C14H22N2O3S/c1-3-15-8-13-7-14(10(2)19-13)20(17,18)16-9-11-4-5-12(16)6-11/h7,11-12,15H,3-6,8-9H2,1-2H3. The Morgan fingerprint density at radius 3 is 2.85 bits per heavy atom. The Labute approximate surface area is 120 Å². The molecule has 0 spiro atoms. The molecule has 2 fully saturated rings. The second-order valence-electron chi connectivity index (χ2n) is 5.82. The third kappa shape index (κ3) is 2.29. The lowest BCUT2D eigenvalue weighted by atomic mass is 10.1. The summed E-state index contributed by atoms with van der Waals surface area (Å²) in [5.74, 6) is 1.75. The van der Waals surface area contributed by atoms with Gasteiger partial charge in [0.15, 0.2) is 0 Å². The van der Waals surface area contributed by atoms with Gasteiger partial charge in [0, 0.05) is 18.7 Å². The Morgan fingerprint density at radius 2 is 2.25 bits per heavy atom. The molecule has 3 rings (SSSR count). The van der Waals surface area contributed by atoms with Crippen LogP contribution >= 0.6 is 0 Å². The molecule has 2 aliphatic rings. The lowest BCUT2D eigenvalue weighted by molar-refractivity contribution is 0.332. The predicted octanol–water partition coefficient (Wildman–Crippen LogP) is 1.87. The van der Waals surface area contributed by atoms with Crippen LogP contribution in [0.2, 0.25) is 0 Å². The average Bonchev–Trinajstić information content (AvgIpc) is 3.10. The highest BCUT2D eigenvalue weighted by molar-refractivity contribution is 7.89. The van der Waals surface area contributed by atoms with E-state index in [9.17, 15) is 8.42 Å². The average molecular weight is 298 g/mol. The van der Waals surface area contributed by atoms with E-state index in [2.05, 4.69) is 5.32 Å². The van der Waals surface area contributed by atoms with Gasteiger partial charge < -0.3 is 9.73 Å². The number of rotatable bonds is 5. The Hall–Kier alpha value is -0.850. The van der Waals surface area contributed by atoms with Gasteiger partial charge in [-0.1, -0.05) is 6.92 Å². The van der Waals surface area contributed by atoms with E-state index in [1.807, 2.05) is 6.92 Å². The molecule has 6 heteroatoms. The van der Waals surface area contributed by atoms with Crippen molar-refractivity contribution in [2.24, 2.45) is 5.92 Å². The molecule has 0 radical (unpaired) electrons. The lowest BCUT2D eigenvalue weighted by Gasteiger charge is -2.25. The van der Waals surface area contributed by atoms with Gasteiger partial charge in [0.1, 0.15) is 16.4 Å². The molecule has 2 bridgehead atoms. The highest BCUT2D eigenvalue weighted by Gasteiger charge is 2.45. The van der Waals surface area contributed by atoms with Crippen molar-refractivity contribution >= 4 is 10.0 Å². The minimum Gasteiger partial charge on any atom is -0.464 e. The van der Waals surface area contributed by atoms with E-state index in [1.165, 1.54) is 6.42 Å². The van der Waals surface area contributed by atoms with Crippen molar-refractivity contribution in [3.8, 4) is 0 Å². The van der Waals surface area contributed by atoms with Gasteiger partial charge in [-0.25, -0.2) is 8.42 Å². The van der Waals surface area contributed by atoms with Gasteiger partial charge in [-0.2, -0.15) is 4.31 Å². The Kier molecular flexibility index (Phi) is 3.64. The third-order valence-corrected chi connectivity index (χ3v) is 6.44. The van der Waals surface area contributed by atoms with Crippen LogP contribution in [0.3, 0.4) is 0 Å². The van der Waals surface area contributed by atoms with E-state index in [1.54, 1.807) is 17.3 Å². The topological polar surface area (TPSA) is 62.6 Å². The van der Waals surface area contributed by atoms with E-state index in [0.29, 0.717) is 35.4 Å². The Bertz CT molecular complexity index is 594. The fraction of sp³-hybridized carbons (Fsp3) is 0.714. The van der Waals surface area contributed by atoms with Gasteiger partial charge in [-0.15, -0.1) is 0 Å². The summed E-state index contributed by atoms with van der Waals surface area (Å²) in [4.78, 5) is 0.345. The number of hydrogen-bond acceptors (Lipinski definition) is 4. The van der Waals surface area contributed by atoms with Crippen molar-refractivity contribution in [1.82, 2.24) is 9.62 Å². The first kappa shape index (κ1) is 14.1. The zero-order valence-corrected chi connectivity index (χ0v) is 12.9. The highest BCUT2D eigenvalue weighted by atomic mass is 32.2. The van der Waals surface area contributed by atoms with Crippen molar-refractivity contribution in [2.75, 3.05) is 13.1 Å². The first-order chi connectivity index (χ1) is 9.52. The lowest BCUT2D eigenvalue weighted by Crippen LogP contribution is -2.37. The molecule has 1 N–H and O–H groups in total. The molecule has 20 heavy (non-hydrogen) atoms. The van der Waals surface area contributed by atoms with Crippen LogP contribution in [-0.2, 0) is 16.6 Å². The van der Waals surface area contributed by atoms with Crippen molar-refractivity contribution in [3.63, 3.8) is 0 Å². The number of furan rings is 1. The van der Waals surface area contributed by atoms with Crippen molar-refractivity contribution < 1.29 is 12.8 Å². The van der Waals surface area contributed by atoms with Crippen LogP contribution in [0.4, 0.5) is 0 Å². The summed E-state index contributed by atoms with van der Waals surface area (Å²) in [7, 11) is -3.39. The van der Waals surface area contributed by atoms with Crippen molar-refractivity contribution in [1.29, 1.82) is 0 Å². The summed E-state index contributed by atoms with van der Waals surface area (Å²) in [6.07, 6.45) is 3.21. The summed E-state index contributed by atoms with van der Waals surface area (Å²) in [5, 5.41) is 3.15. The fourth-order valence-electron chi connectivity index (χ4n) is 3.42. The molecule has 1 aliphatic heterocycles. The zero-order valence-electron chi connectivity index (χ0n) is 12.1. The number of hydrogen-bond donors (Lipinski definition) is 1. The van der Waals surface area contributed by atoms with Crippen LogP contribution in [-0.4, -0.2) is 31.9 Å². The van der Waals surface area contributed by atoms with Gasteiger partial charge in [0.2, 0.25) is 10.0 Å². The SMILES string of the molecule is CCNCc1cc(S(=O)(=O)N2CC3CCC2C3)c(C)o1. The van der Waals surface area contributed by atoms with E-state index < -0.39 is 10.0 Å².